The summed E-state index contributed by atoms with van der Waals surface area (Å²) in [5, 5.41) is 0.787. The van der Waals surface area contributed by atoms with Gasteiger partial charge in [-0.15, -0.1) is 0 Å². The topological polar surface area (TPSA) is 38.9 Å². The summed E-state index contributed by atoms with van der Waals surface area (Å²) in [5.41, 5.74) is 7.17. The van der Waals surface area contributed by atoms with Crippen LogP contribution >= 0.6 is 12.2 Å². The van der Waals surface area contributed by atoms with E-state index in [9.17, 15) is 4.39 Å². The predicted octanol–water partition coefficient (Wildman–Crippen LogP) is 2.32. The van der Waals surface area contributed by atoms with E-state index < -0.39 is 0 Å². The van der Waals surface area contributed by atoms with Crippen LogP contribution in [-0.2, 0) is 0 Å². The molecule has 0 atom stereocenters. The number of fused-ring (bicyclic) bond motifs is 1. The van der Waals surface area contributed by atoms with Crippen LogP contribution in [0.3, 0.4) is 0 Å². The van der Waals surface area contributed by atoms with Crippen molar-refractivity contribution in [1.82, 2.24) is 4.98 Å². The van der Waals surface area contributed by atoms with Crippen LogP contribution in [0, 0.1) is 12.7 Å². The molecule has 2 aromatic rings. The number of pyridine rings is 1. The molecule has 0 aliphatic heterocycles. The maximum Gasteiger partial charge on any atom is 0.149 e. The van der Waals surface area contributed by atoms with Crippen LogP contribution in [0.5, 0.6) is 0 Å². The van der Waals surface area contributed by atoms with Gasteiger partial charge >= 0.3 is 0 Å². The van der Waals surface area contributed by atoms with E-state index in [1.54, 1.807) is 12.1 Å². The highest BCUT2D eigenvalue weighted by Crippen LogP contribution is 2.20. The van der Waals surface area contributed by atoms with Gasteiger partial charge in [0, 0.05) is 5.39 Å². The van der Waals surface area contributed by atoms with Crippen molar-refractivity contribution in [2.45, 2.75) is 6.92 Å². The van der Waals surface area contributed by atoms with E-state index in [0.29, 0.717) is 11.2 Å². The number of para-hydroxylation sites is 1. The van der Waals surface area contributed by atoms with Crippen molar-refractivity contribution in [1.29, 1.82) is 0 Å². The van der Waals surface area contributed by atoms with Crippen LogP contribution in [0.2, 0.25) is 0 Å². The second-order valence-corrected chi connectivity index (χ2v) is 3.76. The molecule has 0 unspecified atom stereocenters. The molecule has 2 N–H and O–H groups in total. The van der Waals surface area contributed by atoms with Crippen LogP contribution in [0.25, 0.3) is 10.9 Å². The fraction of sp³-hybridized carbons (Fsp3) is 0.0909. The first-order chi connectivity index (χ1) is 7.09. The van der Waals surface area contributed by atoms with Crippen molar-refractivity contribution < 1.29 is 4.39 Å². The van der Waals surface area contributed by atoms with Gasteiger partial charge in [0.25, 0.3) is 0 Å². The van der Waals surface area contributed by atoms with Gasteiger partial charge in [-0.3, -0.25) is 0 Å². The molecule has 0 aliphatic rings. The number of halogens is 1. The molecule has 1 aromatic heterocycles. The maximum atomic E-state index is 13.5. The highest BCUT2D eigenvalue weighted by Gasteiger charge is 2.07. The number of thiocarbonyl (C=S) groups is 1. The van der Waals surface area contributed by atoms with Crippen molar-refractivity contribution in [2.24, 2.45) is 5.73 Å². The van der Waals surface area contributed by atoms with Gasteiger partial charge in [0.2, 0.25) is 0 Å². The summed E-state index contributed by atoms with van der Waals surface area (Å²) in [4.78, 5) is 4.28. The SMILES string of the molecule is Cc1cc(C(N)=S)nc2c(F)cccc12. The summed E-state index contributed by atoms with van der Waals surface area (Å²) >= 11 is 4.82. The van der Waals surface area contributed by atoms with Gasteiger partial charge in [-0.05, 0) is 24.6 Å². The van der Waals surface area contributed by atoms with Gasteiger partial charge in [0.05, 0.1) is 5.69 Å². The third-order valence-electron chi connectivity index (χ3n) is 2.25. The lowest BCUT2D eigenvalue weighted by atomic mass is 10.1. The normalized spacial score (nSPS) is 10.5. The molecule has 0 aliphatic carbocycles. The quantitative estimate of drug-likeness (QED) is 0.749. The standard InChI is InChI=1S/C11H9FN2S/c1-6-5-9(11(13)15)14-10-7(6)3-2-4-8(10)12/h2-5H,1H3,(H2,13,15). The first-order valence-electron chi connectivity index (χ1n) is 4.45. The molecular weight excluding hydrogens is 211 g/mol. The Labute approximate surface area is 91.9 Å². The number of rotatable bonds is 1. The van der Waals surface area contributed by atoms with E-state index in [-0.39, 0.29) is 10.8 Å². The largest absolute Gasteiger partial charge is 0.388 e. The van der Waals surface area contributed by atoms with E-state index in [1.807, 2.05) is 13.0 Å². The summed E-state index contributed by atoms with van der Waals surface area (Å²) < 4.78 is 13.5. The lowest BCUT2D eigenvalue weighted by molar-refractivity contribution is 0.636. The minimum atomic E-state index is -0.353. The van der Waals surface area contributed by atoms with Crippen LogP contribution < -0.4 is 5.73 Å². The molecule has 1 aromatic carbocycles. The van der Waals surface area contributed by atoms with Gasteiger partial charge in [0.15, 0.2) is 0 Å². The Bertz CT molecular complexity index is 552. The van der Waals surface area contributed by atoms with Gasteiger partial charge in [0.1, 0.15) is 16.3 Å². The molecule has 4 heteroatoms. The Morgan fingerprint density at radius 2 is 2.20 bits per heavy atom. The Morgan fingerprint density at radius 3 is 2.87 bits per heavy atom. The van der Waals surface area contributed by atoms with Gasteiger partial charge in [-0.2, -0.15) is 0 Å². The molecule has 1 heterocycles. The fourth-order valence-electron chi connectivity index (χ4n) is 1.51. The number of hydrogen-bond donors (Lipinski definition) is 1. The van der Waals surface area contributed by atoms with Crippen LogP contribution in [0.15, 0.2) is 24.3 Å². The molecule has 0 spiro atoms. The van der Waals surface area contributed by atoms with Gasteiger partial charge in [-0.25, -0.2) is 9.37 Å². The molecule has 76 valence electrons. The van der Waals surface area contributed by atoms with Crippen molar-refractivity contribution >= 4 is 28.1 Å². The number of nitrogens with zero attached hydrogens (tertiary/aromatic N) is 1. The number of nitrogens with two attached hydrogens (primary N) is 1. The number of aromatic nitrogens is 1. The highest BCUT2D eigenvalue weighted by molar-refractivity contribution is 7.80. The van der Waals surface area contributed by atoms with E-state index in [2.05, 4.69) is 4.98 Å². The molecule has 0 radical (unpaired) electrons. The Kier molecular flexibility index (Phi) is 2.36. The number of aryl methyl sites for hydroxylation is 1. The molecule has 0 amide bonds. The molecule has 15 heavy (non-hydrogen) atoms. The number of benzene rings is 1. The van der Waals surface area contributed by atoms with Crippen molar-refractivity contribution in [3.8, 4) is 0 Å². The Morgan fingerprint density at radius 1 is 1.47 bits per heavy atom. The summed E-state index contributed by atoms with van der Waals surface area (Å²) in [7, 11) is 0. The first kappa shape index (κ1) is 9.98. The Balaban J connectivity index is 2.85. The summed E-state index contributed by atoms with van der Waals surface area (Å²) in [5.74, 6) is -0.353. The predicted molar refractivity (Wildman–Crippen MR) is 62.3 cm³/mol. The van der Waals surface area contributed by atoms with Crippen molar-refractivity contribution in [2.75, 3.05) is 0 Å². The Hall–Kier alpha value is -1.55. The molecule has 2 nitrogen and oxygen atoms in total. The lowest BCUT2D eigenvalue weighted by Crippen LogP contribution is -2.12. The highest BCUT2D eigenvalue weighted by atomic mass is 32.1. The average Bonchev–Trinajstić information content (AvgIpc) is 2.19. The smallest absolute Gasteiger partial charge is 0.149 e. The van der Waals surface area contributed by atoms with Crippen LogP contribution in [0.4, 0.5) is 4.39 Å². The lowest BCUT2D eigenvalue weighted by Gasteiger charge is -2.05. The van der Waals surface area contributed by atoms with Crippen molar-refractivity contribution in [3.05, 3.63) is 41.3 Å². The zero-order chi connectivity index (χ0) is 11.0. The monoisotopic (exact) mass is 220 g/mol. The third kappa shape index (κ3) is 1.68. The molecular formula is C11H9FN2S. The van der Waals surface area contributed by atoms with Crippen LogP contribution in [-0.4, -0.2) is 9.97 Å². The number of hydrogen-bond acceptors (Lipinski definition) is 2. The van der Waals surface area contributed by atoms with E-state index in [1.165, 1.54) is 6.07 Å². The van der Waals surface area contributed by atoms with Crippen molar-refractivity contribution in [3.63, 3.8) is 0 Å². The summed E-state index contributed by atoms with van der Waals surface area (Å²) in [6.45, 7) is 1.88. The zero-order valence-electron chi connectivity index (χ0n) is 8.12. The molecule has 2 rings (SSSR count). The summed E-state index contributed by atoms with van der Waals surface area (Å²) in [6.07, 6.45) is 0. The second-order valence-electron chi connectivity index (χ2n) is 3.32. The molecule has 0 saturated heterocycles. The molecule has 0 saturated carbocycles. The zero-order valence-corrected chi connectivity index (χ0v) is 8.94. The van der Waals surface area contributed by atoms with Gasteiger partial charge < -0.3 is 5.73 Å². The minimum absolute atomic E-state index is 0.184. The van der Waals surface area contributed by atoms with E-state index in [4.69, 9.17) is 18.0 Å². The summed E-state index contributed by atoms with van der Waals surface area (Å²) in [6, 6.07) is 6.62. The van der Waals surface area contributed by atoms with Crippen LogP contribution in [0.1, 0.15) is 11.3 Å². The van der Waals surface area contributed by atoms with E-state index in [0.717, 1.165) is 10.9 Å². The average molecular weight is 220 g/mol. The van der Waals surface area contributed by atoms with Gasteiger partial charge in [-0.1, -0.05) is 24.4 Å². The maximum absolute atomic E-state index is 13.5. The first-order valence-corrected chi connectivity index (χ1v) is 4.86. The molecule has 0 bridgehead atoms. The van der Waals surface area contributed by atoms with E-state index >= 15 is 0 Å². The minimum Gasteiger partial charge on any atom is -0.388 e. The fourth-order valence-corrected chi connectivity index (χ4v) is 1.61. The molecule has 0 fully saturated rings. The second kappa shape index (κ2) is 3.55. The third-order valence-corrected chi connectivity index (χ3v) is 2.46.